The van der Waals surface area contributed by atoms with E-state index in [0.29, 0.717) is 0 Å². The number of nitrogens with one attached hydrogen (secondary N) is 2. The number of aliphatic hydroxyl groups is 2. The van der Waals surface area contributed by atoms with E-state index >= 15 is 0 Å². The Morgan fingerprint density at radius 3 is 1.32 bits per heavy atom. The minimum Gasteiger partial charge on any atom is -0.412 e. The molecule has 0 rings (SSSR count). The van der Waals surface area contributed by atoms with E-state index < -0.39 is 11.1 Å². The fourth-order valence-corrected chi connectivity index (χ4v) is 1.11. The molecule has 0 aliphatic heterocycles. The highest BCUT2D eigenvalue weighted by Gasteiger charge is 2.31. The van der Waals surface area contributed by atoms with Gasteiger partial charge in [-0.05, 0) is 27.7 Å². The first kappa shape index (κ1) is 25.3. The summed E-state index contributed by atoms with van der Waals surface area (Å²) in [6, 6.07) is 0. The molecule has 0 aliphatic carbocycles. The lowest BCUT2D eigenvalue weighted by molar-refractivity contribution is -0.127. The normalized spacial score (nSPS) is 11.4. The van der Waals surface area contributed by atoms with Crippen LogP contribution in [0.3, 0.4) is 0 Å². The molecule has 10 heteroatoms. The van der Waals surface area contributed by atoms with Gasteiger partial charge in [0.15, 0.2) is 11.1 Å². The average molecular weight is 324 g/mol. The Balaban J connectivity index is -0.00000180. The molecule has 0 radical (unpaired) electrons. The second-order valence-electron chi connectivity index (χ2n) is 5.28. The van der Waals surface area contributed by atoms with Crippen LogP contribution >= 0.6 is 0 Å². The predicted octanol–water partition coefficient (Wildman–Crippen LogP) is -2.44. The number of carbonyl (C=O) groups is 2. The SMILES string of the molecule is CC(C)(N=NC(C)(C)C(=O)NCCO)C(=O)NCCO.O.O. The highest BCUT2D eigenvalue weighted by atomic mass is 16.3. The molecule has 0 spiro atoms. The van der Waals surface area contributed by atoms with Crippen molar-refractivity contribution in [3.63, 3.8) is 0 Å². The molecule has 22 heavy (non-hydrogen) atoms. The molecule has 0 aromatic heterocycles. The largest absolute Gasteiger partial charge is 0.412 e. The van der Waals surface area contributed by atoms with E-state index in [1.165, 1.54) is 0 Å². The minimum absolute atomic E-state index is 0. The minimum atomic E-state index is -1.14. The van der Waals surface area contributed by atoms with Crippen LogP contribution in [0, 0.1) is 0 Å². The standard InChI is InChI=1S/C12H24N4O4.2H2O/c1-11(2,9(19)13-5-7-17)15-16-12(3,4)10(20)14-6-8-18;;/h17-18H,5-8H2,1-4H3,(H,13,19)(H,14,20);2*1H2. The third-order valence-corrected chi connectivity index (χ3v) is 2.46. The lowest BCUT2D eigenvalue weighted by atomic mass is 10.0. The average Bonchev–Trinajstić information content (AvgIpc) is 2.39. The van der Waals surface area contributed by atoms with Crippen LogP contribution in [-0.2, 0) is 9.59 Å². The Labute approximate surface area is 129 Å². The molecular formula is C12H28N4O6. The molecule has 0 saturated heterocycles. The number of carbonyl (C=O) groups excluding carboxylic acids is 2. The second-order valence-corrected chi connectivity index (χ2v) is 5.28. The van der Waals surface area contributed by atoms with Crippen molar-refractivity contribution in [2.75, 3.05) is 26.3 Å². The number of amides is 2. The van der Waals surface area contributed by atoms with E-state index in [1.54, 1.807) is 27.7 Å². The number of hydrogen-bond donors (Lipinski definition) is 4. The molecule has 0 unspecified atom stereocenters. The number of hydrogen-bond acceptors (Lipinski definition) is 6. The van der Waals surface area contributed by atoms with E-state index in [2.05, 4.69) is 20.9 Å². The molecule has 0 aromatic rings. The molecule has 0 aliphatic rings. The highest BCUT2D eigenvalue weighted by Crippen LogP contribution is 2.16. The van der Waals surface area contributed by atoms with Gasteiger partial charge in [0.25, 0.3) is 0 Å². The molecule has 0 bridgehead atoms. The van der Waals surface area contributed by atoms with Gasteiger partial charge in [0.1, 0.15) is 0 Å². The Bertz CT molecular complexity index is 337. The predicted molar refractivity (Wildman–Crippen MR) is 80.4 cm³/mol. The van der Waals surface area contributed by atoms with Gasteiger partial charge in [0.05, 0.1) is 13.2 Å². The number of nitrogens with zero attached hydrogens (tertiary/aromatic N) is 2. The Morgan fingerprint density at radius 1 is 0.818 bits per heavy atom. The number of azo groups is 1. The molecule has 2 amide bonds. The van der Waals surface area contributed by atoms with Gasteiger partial charge < -0.3 is 31.8 Å². The van der Waals surface area contributed by atoms with Crippen molar-refractivity contribution in [3.05, 3.63) is 0 Å². The van der Waals surface area contributed by atoms with Crippen LogP contribution in [0.15, 0.2) is 10.2 Å². The van der Waals surface area contributed by atoms with Crippen molar-refractivity contribution < 1.29 is 30.8 Å². The second kappa shape index (κ2) is 11.0. The van der Waals surface area contributed by atoms with Crippen LogP contribution in [0.1, 0.15) is 27.7 Å². The number of aliphatic hydroxyl groups excluding tert-OH is 2. The summed E-state index contributed by atoms with van der Waals surface area (Å²) in [5.41, 5.74) is -2.27. The summed E-state index contributed by atoms with van der Waals surface area (Å²) in [4.78, 5) is 23.5. The first-order valence-corrected chi connectivity index (χ1v) is 6.40. The van der Waals surface area contributed by atoms with E-state index in [4.69, 9.17) is 10.2 Å². The van der Waals surface area contributed by atoms with E-state index in [1.807, 2.05) is 0 Å². The summed E-state index contributed by atoms with van der Waals surface area (Å²) in [5.74, 6) is -0.774. The zero-order valence-corrected chi connectivity index (χ0v) is 13.4. The fraction of sp³-hybridized carbons (Fsp3) is 0.833. The first-order chi connectivity index (χ1) is 9.17. The van der Waals surface area contributed by atoms with Crippen LogP contribution in [0.5, 0.6) is 0 Å². The topological polar surface area (TPSA) is 186 Å². The van der Waals surface area contributed by atoms with Gasteiger partial charge in [-0.1, -0.05) is 0 Å². The maximum atomic E-state index is 11.8. The molecule has 0 saturated carbocycles. The lowest BCUT2D eigenvalue weighted by Crippen LogP contribution is -2.44. The van der Waals surface area contributed by atoms with Crippen LogP contribution in [0.4, 0.5) is 0 Å². The van der Waals surface area contributed by atoms with Crippen molar-refractivity contribution in [3.8, 4) is 0 Å². The summed E-state index contributed by atoms with van der Waals surface area (Å²) in [5, 5.41) is 30.1. The van der Waals surface area contributed by atoms with E-state index in [-0.39, 0.29) is 49.1 Å². The molecular weight excluding hydrogens is 296 g/mol. The van der Waals surface area contributed by atoms with Gasteiger partial charge in [0.2, 0.25) is 11.8 Å². The van der Waals surface area contributed by atoms with Crippen molar-refractivity contribution in [1.82, 2.24) is 10.6 Å². The van der Waals surface area contributed by atoms with Gasteiger partial charge in [-0.2, -0.15) is 10.2 Å². The first-order valence-electron chi connectivity index (χ1n) is 6.40. The summed E-state index contributed by atoms with van der Waals surface area (Å²) < 4.78 is 0. The fourth-order valence-electron chi connectivity index (χ4n) is 1.11. The molecule has 132 valence electrons. The monoisotopic (exact) mass is 324 g/mol. The van der Waals surface area contributed by atoms with Gasteiger partial charge in [0, 0.05) is 13.1 Å². The Kier molecular flexibility index (Phi) is 12.7. The van der Waals surface area contributed by atoms with E-state index in [0.717, 1.165) is 0 Å². The Morgan fingerprint density at radius 2 is 1.09 bits per heavy atom. The maximum Gasteiger partial charge on any atom is 0.249 e. The van der Waals surface area contributed by atoms with Crippen molar-refractivity contribution in [1.29, 1.82) is 0 Å². The summed E-state index contributed by atoms with van der Waals surface area (Å²) in [7, 11) is 0. The van der Waals surface area contributed by atoms with Crippen LogP contribution in [0.2, 0.25) is 0 Å². The van der Waals surface area contributed by atoms with Crippen LogP contribution in [-0.4, -0.2) is 70.4 Å². The van der Waals surface area contributed by atoms with Gasteiger partial charge in [-0.25, -0.2) is 0 Å². The van der Waals surface area contributed by atoms with Crippen LogP contribution in [0.25, 0.3) is 0 Å². The zero-order valence-electron chi connectivity index (χ0n) is 13.4. The summed E-state index contributed by atoms with van der Waals surface area (Å²) in [6.07, 6.45) is 0. The molecule has 0 aromatic carbocycles. The summed E-state index contributed by atoms with van der Waals surface area (Å²) >= 11 is 0. The van der Waals surface area contributed by atoms with Crippen molar-refractivity contribution >= 4 is 11.8 Å². The Hall–Kier alpha value is -1.62. The molecule has 0 heterocycles. The highest BCUT2D eigenvalue weighted by molar-refractivity contribution is 5.86. The third-order valence-electron chi connectivity index (χ3n) is 2.46. The van der Waals surface area contributed by atoms with E-state index in [9.17, 15) is 9.59 Å². The van der Waals surface area contributed by atoms with Crippen molar-refractivity contribution in [2.24, 2.45) is 10.2 Å². The maximum absolute atomic E-state index is 11.8. The number of rotatable bonds is 8. The van der Waals surface area contributed by atoms with Crippen molar-refractivity contribution in [2.45, 2.75) is 38.8 Å². The smallest absolute Gasteiger partial charge is 0.249 e. The van der Waals surface area contributed by atoms with Gasteiger partial charge in [-0.15, -0.1) is 0 Å². The zero-order chi connectivity index (χ0) is 15.8. The molecule has 0 fully saturated rings. The quantitative estimate of drug-likeness (QED) is 0.361. The third kappa shape index (κ3) is 8.62. The summed E-state index contributed by atoms with van der Waals surface area (Å²) in [6.45, 7) is 6.20. The lowest BCUT2D eigenvalue weighted by Gasteiger charge is -2.21. The van der Waals surface area contributed by atoms with Gasteiger partial charge in [-0.3, -0.25) is 9.59 Å². The molecule has 0 atom stereocenters. The molecule has 10 nitrogen and oxygen atoms in total. The van der Waals surface area contributed by atoms with Crippen LogP contribution < -0.4 is 10.6 Å². The van der Waals surface area contributed by atoms with Gasteiger partial charge >= 0.3 is 0 Å². The molecule has 8 N–H and O–H groups in total.